The highest BCUT2D eigenvalue weighted by Crippen LogP contribution is 2.39. The fraction of sp³-hybridized carbons (Fsp3) is 0.385. The summed E-state index contributed by atoms with van der Waals surface area (Å²) in [5, 5.41) is 10.7. The van der Waals surface area contributed by atoms with Crippen molar-refractivity contribution in [2.45, 2.75) is 61.1 Å². The van der Waals surface area contributed by atoms with Crippen molar-refractivity contribution in [2.24, 2.45) is 0 Å². The Bertz CT molecular complexity index is 3000. The number of likely N-dealkylation sites (N-methyl/N-ethyl adjacent to an activating group) is 2. The highest BCUT2D eigenvalue weighted by atomic mass is 32.2. The van der Waals surface area contributed by atoms with E-state index in [1.165, 1.54) is 43.8 Å². The van der Waals surface area contributed by atoms with Crippen LogP contribution >= 0.6 is 0 Å². The number of carboxylic acid groups (broad SMARTS) is 1. The summed E-state index contributed by atoms with van der Waals surface area (Å²) < 4.78 is 65.5. The number of methoxy groups -OCH3 is 2. The van der Waals surface area contributed by atoms with Gasteiger partial charge in [0, 0.05) is 81.1 Å². The van der Waals surface area contributed by atoms with Gasteiger partial charge in [0.15, 0.2) is 0 Å². The second-order valence-electron chi connectivity index (χ2n) is 16.8. The van der Waals surface area contributed by atoms with Crippen molar-refractivity contribution >= 4 is 64.7 Å². The minimum atomic E-state index is -3.91. The summed E-state index contributed by atoms with van der Waals surface area (Å²) in [4.78, 5) is 44.6. The van der Waals surface area contributed by atoms with Crippen molar-refractivity contribution in [1.29, 1.82) is 0 Å². The maximum Gasteiger partial charge on any atom is 0.335 e. The summed E-state index contributed by atoms with van der Waals surface area (Å²) in [6.45, 7) is 11.2. The van der Waals surface area contributed by atoms with Gasteiger partial charge in [0.25, 0.3) is 5.91 Å². The number of nitrogens with zero attached hydrogens (tertiary/aromatic N) is 7. The fourth-order valence-corrected chi connectivity index (χ4v) is 11.5. The molecule has 0 radical (unpaired) electrons. The van der Waals surface area contributed by atoms with Crippen LogP contribution in [0, 0.1) is 0 Å². The molecule has 0 spiro atoms. The zero-order valence-corrected chi connectivity index (χ0v) is 41.0. The van der Waals surface area contributed by atoms with E-state index in [1.54, 1.807) is 66.6 Å². The normalized spacial score (nSPS) is 14.8. The highest BCUT2D eigenvalue weighted by Gasteiger charge is 2.30. The summed E-state index contributed by atoms with van der Waals surface area (Å²) in [6, 6.07) is 22.6. The van der Waals surface area contributed by atoms with Gasteiger partial charge in [0.2, 0.25) is 19.7 Å². The quantitative estimate of drug-likeness (QED) is 0.125. The Morgan fingerprint density at radius 1 is 0.586 bits per heavy atom. The molecule has 70 heavy (non-hydrogen) atoms. The van der Waals surface area contributed by atoms with Gasteiger partial charge >= 0.3 is 5.97 Å². The predicted molar refractivity (Wildman–Crippen MR) is 277 cm³/mol. The molecule has 1 N–H and O–H groups in total. The summed E-state index contributed by atoms with van der Waals surface area (Å²) in [5.41, 5.74) is 2.94. The van der Waals surface area contributed by atoms with Crippen LogP contribution in [0.5, 0.6) is 11.5 Å². The number of sulfone groups is 2. The van der Waals surface area contributed by atoms with Gasteiger partial charge in [0.1, 0.15) is 21.3 Å². The minimum Gasteiger partial charge on any atom is -0.497 e. The summed E-state index contributed by atoms with van der Waals surface area (Å²) in [5.74, 6) is -0.00730. The Morgan fingerprint density at radius 3 is 1.37 bits per heavy atom. The number of amides is 1. The van der Waals surface area contributed by atoms with Crippen molar-refractivity contribution in [2.75, 3.05) is 104 Å². The van der Waals surface area contributed by atoms with Crippen LogP contribution in [0.1, 0.15) is 62.3 Å². The molecule has 4 aromatic carbocycles. The molecule has 0 bridgehead atoms. The van der Waals surface area contributed by atoms with Gasteiger partial charge in [-0.1, -0.05) is 14.9 Å². The van der Waals surface area contributed by atoms with Gasteiger partial charge in [0.05, 0.1) is 52.0 Å². The SMILES string of the molecule is C.C.CCN(CC)C(=O)c1ccc2ncc(S(=O)(=O)c3ccc(OC)cc3)c(N3CCCN(C)CC3)c2c1.COc1ccc(S(=O)(=O)c2cnc3ccc(C(=O)O)cc3c2N2CCCN(C)CC2)cc1. The zero-order chi connectivity index (χ0) is 48.8. The molecule has 2 aliphatic rings. The highest BCUT2D eigenvalue weighted by molar-refractivity contribution is 7.92. The number of carbonyl (C=O) groups is 2. The van der Waals surface area contributed by atoms with Gasteiger partial charge in [-0.15, -0.1) is 0 Å². The number of carboxylic acids is 1. The first kappa shape index (κ1) is 54.6. The van der Waals surface area contributed by atoms with Crippen LogP contribution in [0.4, 0.5) is 11.4 Å². The Labute approximate surface area is 413 Å². The topological polar surface area (TPSA) is 183 Å². The number of hydrogen-bond acceptors (Lipinski definition) is 14. The van der Waals surface area contributed by atoms with E-state index in [1.807, 2.05) is 31.9 Å². The third-order valence-corrected chi connectivity index (χ3v) is 16.1. The summed E-state index contributed by atoms with van der Waals surface area (Å²) >= 11 is 0. The second-order valence-corrected chi connectivity index (χ2v) is 20.7. The Morgan fingerprint density at radius 2 is 0.986 bits per heavy atom. The molecule has 2 aromatic heterocycles. The van der Waals surface area contributed by atoms with E-state index < -0.39 is 25.6 Å². The minimum absolute atomic E-state index is 0. The molecular formula is C52H67N7O9S2. The van der Waals surface area contributed by atoms with E-state index >= 15 is 0 Å². The smallest absolute Gasteiger partial charge is 0.335 e. The first-order chi connectivity index (χ1) is 32.6. The lowest BCUT2D eigenvalue weighted by Gasteiger charge is -2.27. The zero-order valence-electron chi connectivity index (χ0n) is 39.4. The van der Waals surface area contributed by atoms with Crippen molar-refractivity contribution in [3.8, 4) is 11.5 Å². The lowest BCUT2D eigenvalue weighted by atomic mass is 10.1. The molecule has 0 aliphatic carbocycles. The molecule has 6 aromatic rings. The number of aromatic nitrogens is 2. The van der Waals surface area contributed by atoms with Crippen LogP contribution in [0.25, 0.3) is 21.8 Å². The molecule has 2 aliphatic heterocycles. The van der Waals surface area contributed by atoms with E-state index in [4.69, 9.17) is 9.47 Å². The molecule has 376 valence electrons. The molecule has 4 heterocycles. The van der Waals surface area contributed by atoms with Gasteiger partial charge < -0.3 is 39.1 Å². The number of pyridine rings is 2. The van der Waals surface area contributed by atoms with E-state index in [9.17, 15) is 31.5 Å². The molecule has 16 nitrogen and oxygen atoms in total. The lowest BCUT2D eigenvalue weighted by Crippen LogP contribution is -2.31. The molecule has 2 fully saturated rings. The van der Waals surface area contributed by atoms with Gasteiger partial charge in [-0.05, 0) is 139 Å². The Hall–Kier alpha value is -6.34. The van der Waals surface area contributed by atoms with E-state index in [0.29, 0.717) is 89.5 Å². The van der Waals surface area contributed by atoms with Gasteiger partial charge in [-0.2, -0.15) is 0 Å². The first-order valence-electron chi connectivity index (χ1n) is 22.6. The number of ether oxygens (including phenoxy) is 2. The van der Waals surface area contributed by atoms with Crippen molar-refractivity contribution in [3.63, 3.8) is 0 Å². The summed E-state index contributed by atoms with van der Waals surface area (Å²) in [6.07, 6.45) is 4.60. The molecule has 18 heteroatoms. The molecule has 0 saturated carbocycles. The van der Waals surface area contributed by atoms with Crippen LogP contribution in [0.3, 0.4) is 0 Å². The third-order valence-electron chi connectivity index (χ3n) is 12.5. The third kappa shape index (κ3) is 11.6. The Balaban J connectivity index is 0.000000255. The molecule has 0 atom stereocenters. The van der Waals surface area contributed by atoms with Gasteiger partial charge in [-0.3, -0.25) is 14.8 Å². The van der Waals surface area contributed by atoms with Crippen molar-refractivity contribution < 1.29 is 41.0 Å². The number of anilines is 2. The molecular weight excluding hydrogens is 931 g/mol. The number of carbonyl (C=O) groups excluding carboxylic acids is 1. The first-order valence-corrected chi connectivity index (χ1v) is 25.6. The van der Waals surface area contributed by atoms with Crippen LogP contribution < -0.4 is 19.3 Å². The van der Waals surface area contributed by atoms with E-state index in [-0.39, 0.29) is 45.9 Å². The van der Waals surface area contributed by atoms with Crippen LogP contribution in [-0.2, 0) is 19.7 Å². The number of hydrogen-bond donors (Lipinski definition) is 1. The second kappa shape index (κ2) is 23.5. The number of benzene rings is 4. The Kier molecular flexibility index (Phi) is 18.3. The number of fused-ring (bicyclic) bond motifs is 2. The average Bonchev–Trinajstić information content (AvgIpc) is 3.71. The molecule has 0 unspecified atom stereocenters. The molecule has 1 amide bonds. The van der Waals surface area contributed by atoms with Crippen molar-refractivity contribution in [1.82, 2.24) is 24.7 Å². The average molecular weight is 998 g/mol. The standard InChI is InChI=1S/C27H34N4O4S.C23H25N3O5S.2CH4/c1-5-30(6-2)27(32)20-8-13-24-23(18-20)26(31-15-7-14-29(3)16-17-31)25(19-28-24)36(33,34)22-11-9-21(35-4)10-12-22;1-25-10-3-11-26(13-12-25)22-19-14-16(23(27)28)4-9-20(19)24-15-21(22)32(29,30)18-7-5-17(31-2)6-8-18;;/h8-13,18-19H,5-7,14-17H2,1-4H3;4-9,14-15H,3,10-13H2,1-2H3,(H,27,28);2*1H4. The predicted octanol–water partition coefficient (Wildman–Crippen LogP) is 7.89. The van der Waals surface area contributed by atoms with Crippen LogP contribution in [0.2, 0.25) is 0 Å². The number of aromatic carboxylic acids is 1. The van der Waals surface area contributed by atoms with Crippen LogP contribution in [0.15, 0.2) is 117 Å². The maximum absolute atomic E-state index is 13.9. The monoisotopic (exact) mass is 997 g/mol. The molecule has 2 saturated heterocycles. The fourth-order valence-electron chi connectivity index (χ4n) is 8.63. The van der Waals surface area contributed by atoms with E-state index in [2.05, 4.69) is 31.7 Å². The number of rotatable bonds is 12. The summed E-state index contributed by atoms with van der Waals surface area (Å²) in [7, 11) is -0.633. The molecule has 8 rings (SSSR count). The van der Waals surface area contributed by atoms with Crippen LogP contribution in [-0.4, -0.2) is 152 Å². The van der Waals surface area contributed by atoms with E-state index in [0.717, 1.165) is 39.0 Å². The van der Waals surface area contributed by atoms with Gasteiger partial charge in [-0.25, -0.2) is 21.6 Å². The lowest BCUT2D eigenvalue weighted by molar-refractivity contribution is 0.0696. The maximum atomic E-state index is 13.9. The van der Waals surface area contributed by atoms with Crippen molar-refractivity contribution in [3.05, 3.63) is 108 Å². The largest absolute Gasteiger partial charge is 0.497 e.